The van der Waals surface area contributed by atoms with E-state index in [1.807, 2.05) is 0 Å². The molecule has 0 bridgehead atoms. The fraction of sp³-hybridized carbons (Fsp3) is 0.636. The maximum Gasteiger partial charge on any atom is 0.347 e. The van der Waals surface area contributed by atoms with E-state index in [1.165, 1.54) is 11.3 Å². The van der Waals surface area contributed by atoms with E-state index in [-0.39, 0.29) is 0 Å². The normalized spacial score (nSPS) is 19.9. The Hall–Kier alpha value is -1.14. The van der Waals surface area contributed by atoms with Crippen LogP contribution in [0.5, 0.6) is 0 Å². The number of anilines is 1. The minimum absolute atomic E-state index is 0.343. The first kappa shape index (κ1) is 12.3. The number of methoxy groups -OCH3 is 1. The molecule has 5 nitrogen and oxygen atoms in total. The summed E-state index contributed by atoms with van der Waals surface area (Å²) in [5, 5.41) is 9.81. The Labute approximate surface area is 104 Å². The first-order valence-corrected chi connectivity index (χ1v) is 6.38. The largest absolute Gasteiger partial charge is 0.477 e. The van der Waals surface area contributed by atoms with Crippen molar-refractivity contribution < 1.29 is 14.6 Å². The molecule has 94 valence electrons. The van der Waals surface area contributed by atoms with Gasteiger partial charge >= 0.3 is 5.97 Å². The number of aryl methyl sites for hydroxylation is 1. The molecule has 1 fully saturated rings. The summed E-state index contributed by atoms with van der Waals surface area (Å²) in [6.45, 7) is 4.33. The van der Waals surface area contributed by atoms with Gasteiger partial charge in [-0.1, -0.05) is 11.3 Å². The van der Waals surface area contributed by atoms with Crippen molar-refractivity contribution in [2.75, 3.05) is 31.7 Å². The van der Waals surface area contributed by atoms with Crippen molar-refractivity contribution in [3.63, 3.8) is 0 Å². The molecular formula is C11H16N2O3S. The number of hydrogen-bond acceptors (Lipinski definition) is 5. The Bertz CT molecular complexity index is 419. The van der Waals surface area contributed by atoms with Crippen molar-refractivity contribution in [1.82, 2.24) is 4.98 Å². The van der Waals surface area contributed by atoms with E-state index in [4.69, 9.17) is 9.84 Å². The first-order valence-electron chi connectivity index (χ1n) is 5.56. The SMILES string of the molecule is COCC1CCN(c2nc(C)c(C(=O)O)s2)C1. The second-order valence-electron chi connectivity index (χ2n) is 4.27. The van der Waals surface area contributed by atoms with Gasteiger partial charge in [0.1, 0.15) is 4.88 Å². The van der Waals surface area contributed by atoms with E-state index in [0.29, 0.717) is 16.5 Å². The summed E-state index contributed by atoms with van der Waals surface area (Å²) >= 11 is 1.26. The van der Waals surface area contributed by atoms with Crippen LogP contribution < -0.4 is 4.90 Å². The maximum atomic E-state index is 10.9. The summed E-state index contributed by atoms with van der Waals surface area (Å²) in [7, 11) is 1.71. The lowest BCUT2D eigenvalue weighted by atomic mass is 10.1. The van der Waals surface area contributed by atoms with E-state index >= 15 is 0 Å². The summed E-state index contributed by atoms with van der Waals surface area (Å²) in [6, 6.07) is 0. The predicted molar refractivity (Wildman–Crippen MR) is 66.0 cm³/mol. The lowest BCUT2D eigenvalue weighted by Gasteiger charge is -2.14. The third-order valence-corrected chi connectivity index (χ3v) is 4.14. The minimum Gasteiger partial charge on any atom is -0.477 e. The Morgan fingerprint density at radius 2 is 2.47 bits per heavy atom. The molecule has 0 saturated carbocycles. The van der Waals surface area contributed by atoms with Gasteiger partial charge in [0.15, 0.2) is 5.13 Å². The van der Waals surface area contributed by atoms with Crippen molar-refractivity contribution in [3.8, 4) is 0 Å². The van der Waals surface area contributed by atoms with Gasteiger partial charge in [-0.05, 0) is 13.3 Å². The van der Waals surface area contributed by atoms with Gasteiger partial charge in [0.05, 0.1) is 12.3 Å². The van der Waals surface area contributed by atoms with Crippen LogP contribution in [0.15, 0.2) is 0 Å². The molecule has 17 heavy (non-hydrogen) atoms. The lowest BCUT2D eigenvalue weighted by Crippen LogP contribution is -2.20. The van der Waals surface area contributed by atoms with Crippen molar-refractivity contribution >= 4 is 22.4 Å². The van der Waals surface area contributed by atoms with Crippen molar-refractivity contribution in [2.24, 2.45) is 5.92 Å². The standard InChI is InChI=1S/C11H16N2O3S/c1-7-9(10(14)15)17-11(12-7)13-4-3-8(5-13)6-16-2/h8H,3-6H2,1-2H3,(H,14,15). The van der Waals surface area contributed by atoms with Crippen LogP contribution in [0.2, 0.25) is 0 Å². The molecular weight excluding hydrogens is 240 g/mol. The van der Waals surface area contributed by atoms with Crippen LogP contribution in [0.1, 0.15) is 21.8 Å². The molecule has 0 aromatic carbocycles. The molecule has 0 spiro atoms. The van der Waals surface area contributed by atoms with E-state index in [0.717, 1.165) is 31.2 Å². The second-order valence-corrected chi connectivity index (χ2v) is 5.25. The van der Waals surface area contributed by atoms with E-state index in [2.05, 4.69) is 9.88 Å². The third-order valence-electron chi connectivity index (χ3n) is 2.94. The fourth-order valence-corrected chi connectivity index (χ4v) is 3.03. The van der Waals surface area contributed by atoms with Gasteiger partial charge in [0.2, 0.25) is 0 Å². The van der Waals surface area contributed by atoms with Gasteiger partial charge in [-0.2, -0.15) is 0 Å². The van der Waals surface area contributed by atoms with Crippen LogP contribution >= 0.6 is 11.3 Å². The molecule has 0 radical (unpaired) electrons. The average molecular weight is 256 g/mol. The van der Waals surface area contributed by atoms with Crippen LogP contribution in [-0.2, 0) is 4.74 Å². The number of nitrogens with zero attached hydrogens (tertiary/aromatic N) is 2. The van der Waals surface area contributed by atoms with Gasteiger partial charge < -0.3 is 14.7 Å². The topological polar surface area (TPSA) is 62.7 Å². The number of carboxylic acids is 1. The highest BCUT2D eigenvalue weighted by atomic mass is 32.1. The average Bonchev–Trinajstić information content (AvgIpc) is 2.85. The Morgan fingerprint density at radius 3 is 3.06 bits per heavy atom. The molecule has 1 saturated heterocycles. The number of thiazole rings is 1. The molecule has 6 heteroatoms. The number of carbonyl (C=O) groups is 1. The van der Waals surface area contributed by atoms with Crippen LogP contribution in [-0.4, -0.2) is 42.9 Å². The fourth-order valence-electron chi connectivity index (χ4n) is 2.09. The van der Waals surface area contributed by atoms with Crippen molar-refractivity contribution in [3.05, 3.63) is 10.6 Å². The molecule has 1 aliphatic rings. The van der Waals surface area contributed by atoms with Gasteiger partial charge in [-0.3, -0.25) is 0 Å². The van der Waals surface area contributed by atoms with Crippen molar-refractivity contribution in [1.29, 1.82) is 0 Å². The van der Waals surface area contributed by atoms with E-state index in [1.54, 1.807) is 14.0 Å². The Kier molecular flexibility index (Phi) is 3.63. The molecule has 1 atom stereocenters. The number of aromatic nitrogens is 1. The molecule has 1 aromatic rings. The Balaban J connectivity index is 2.09. The maximum absolute atomic E-state index is 10.9. The third kappa shape index (κ3) is 2.58. The van der Waals surface area contributed by atoms with Crippen LogP contribution in [0.4, 0.5) is 5.13 Å². The predicted octanol–water partition coefficient (Wildman–Crippen LogP) is 1.62. The lowest BCUT2D eigenvalue weighted by molar-refractivity contribution is 0.0701. The monoisotopic (exact) mass is 256 g/mol. The highest BCUT2D eigenvalue weighted by molar-refractivity contribution is 7.17. The summed E-state index contributed by atoms with van der Waals surface area (Å²) in [5.74, 6) is -0.364. The Morgan fingerprint density at radius 1 is 1.71 bits per heavy atom. The van der Waals surface area contributed by atoms with Gasteiger partial charge in [-0.15, -0.1) is 0 Å². The molecule has 0 aliphatic carbocycles. The molecule has 1 aromatic heterocycles. The summed E-state index contributed by atoms with van der Waals surface area (Å²) in [4.78, 5) is 17.8. The molecule has 1 N–H and O–H groups in total. The van der Waals surface area contributed by atoms with Crippen molar-refractivity contribution in [2.45, 2.75) is 13.3 Å². The van der Waals surface area contributed by atoms with Gasteiger partial charge in [0, 0.05) is 26.1 Å². The van der Waals surface area contributed by atoms with Crippen LogP contribution in [0.3, 0.4) is 0 Å². The highest BCUT2D eigenvalue weighted by Gasteiger charge is 2.26. The van der Waals surface area contributed by atoms with Gasteiger partial charge in [-0.25, -0.2) is 9.78 Å². The van der Waals surface area contributed by atoms with Gasteiger partial charge in [0.25, 0.3) is 0 Å². The van der Waals surface area contributed by atoms with E-state index in [9.17, 15) is 4.79 Å². The zero-order valence-electron chi connectivity index (χ0n) is 9.97. The summed E-state index contributed by atoms with van der Waals surface area (Å²) in [6.07, 6.45) is 1.08. The summed E-state index contributed by atoms with van der Waals surface area (Å²) in [5.41, 5.74) is 0.604. The molecule has 2 rings (SSSR count). The smallest absolute Gasteiger partial charge is 0.347 e. The minimum atomic E-state index is -0.890. The molecule has 1 aliphatic heterocycles. The molecule has 2 heterocycles. The number of hydrogen-bond donors (Lipinski definition) is 1. The quantitative estimate of drug-likeness (QED) is 0.887. The van der Waals surface area contributed by atoms with Crippen LogP contribution in [0, 0.1) is 12.8 Å². The number of carboxylic acid groups (broad SMARTS) is 1. The number of rotatable bonds is 4. The van der Waals surface area contributed by atoms with E-state index < -0.39 is 5.97 Å². The van der Waals surface area contributed by atoms with Crippen LogP contribution in [0.25, 0.3) is 0 Å². The zero-order valence-corrected chi connectivity index (χ0v) is 10.8. The zero-order chi connectivity index (χ0) is 12.4. The second kappa shape index (κ2) is 5.01. The number of aromatic carboxylic acids is 1. The summed E-state index contributed by atoms with van der Waals surface area (Å²) < 4.78 is 5.14. The first-order chi connectivity index (χ1) is 8.11. The molecule has 0 amide bonds. The highest BCUT2D eigenvalue weighted by Crippen LogP contribution is 2.30. The molecule has 1 unspecified atom stereocenters. The number of ether oxygens (including phenoxy) is 1.